The van der Waals surface area contributed by atoms with Crippen molar-refractivity contribution in [2.24, 2.45) is 11.1 Å². The summed E-state index contributed by atoms with van der Waals surface area (Å²) >= 11 is 0. The highest BCUT2D eigenvalue weighted by Crippen LogP contribution is 2.34. The highest BCUT2D eigenvalue weighted by atomic mass is 19.3. The van der Waals surface area contributed by atoms with Crippen molar-refractivity contribution in [3.63, 3.8) is 0 Å². The van der Waals surface area contributed by atoms with Crippen molar-refractivity contribution in [1.29, 1.82) is 0 Å². The van der Waals surface area contributed by atoms with Crippen LogP contribution in [0.5, 0.6) is 0 Å². The van der Waals surface area contributed by atoms with E-state index in [0.29, 0.717) is 0 Å². The van der Waals surface area contributed by atoms with Gasteiger partial charge in [0, 0.05) is 5.41 Å². The van der Waals surface area contributed by atoms with Gasteiger partial charge in [0.05, 0.1) is 6.54 Å². The minimum absolute atomic E-state index is 0.573. The van der Waals surface area contributed by atoms with Crippen molar-refractivity contribution in [1.82, 2.24) is 0 Å². The zero-order chi connectivity index (χ0) is 7.71. The van der Waals surface area contributed by atoms with Crippen molar-refractivity contribution in [2.75, 3.05) is 6.54 Å². The highest BCUT2D eigenvalue weighted by molar-refractivity contribution is 4.81. The molecule has 0 heterocycles. The van der Waals surface area contributed by atoms with Gasteiger partial charge in [-0.2, -0.15) is 0 Å². The molecule has 0 aliphatic carbocycles. The van der Waals surface area contributed by atoms with Gasteiger partial charge in [0.15, 0.2) is 0 Å². The van der Waals surface area contributed by atoms with Gasteiger partial charge in [0.25, 0.3) is 5.92 Å². The first kappa shape index (κ1) is 8.82. The van der Waals surface area contributed by atoms with Gasteiger partial charge in [-0.1, -0.05) is 20.8 Å². The maximum Gasteiger partial charge on any atom is 0.264 e. The Hall–Kier alpha value is -0.180. The third-order valence-corrected chi connectivity index (χ3v) is 1.35. The maximum atomic E-state index is 12.5. The van der Waals surface area contributed by atoms with Crippen molar-refractivity contribution < 1.29 is 8.78 Å². The molecule has 0 radical (unpaired) electrons. The summed E-state index contributed by atoms with van der Waals surface area (Å²) in [4.78, 5) is 0. The largest absolute Gasteiger partial charge is 0.325 e. The molecule has 0 fully saturated rings. The molecule has 0 aromatic rings. The summed E-state index contributed by atoms with van der Waals surface area (Å²) in [5.41, 5.74) is 3.83. The predicted octanol–water partition coefficient (Wildman–Crippen LogP) is 1.63. The normalized spacial score (nSPS) is 14.0. The second-order valence-corrected chi connectivity index (χ2v) is 3.16. The van der Waals surface area contributed by atoms with Crippen LogP contribution < -0.4 is 5.73 Å². The molecule has 0 aromatic carbocycles. The number of nitrogens with two attached hydrogens (primary N) is 1. The predicted molar refractivity (Wildman–Crippen MR) is 33.5 cm³/mol. The van der Waals surface area contributed by atoms with Gasteiger partial charge in [-0.15, -0.1) is 0 Å². The lowest BCUT2D eigenvalue weighted by Crippen LogP contribution is -2.40. The lowest BCUT2D eigenvalue weighted by atomic mass is 9.88. The topological polar surface area (TPSA) is 26.0 Å². The Morgan fingerprint density at radius 3 is 1.56 bits per heavy atom. The molecule has 0 spiro atoms. The molecular weight excluding hydrogens is 124 g/mol. The quantitative estimate of drug-likeness (QED) is 0.584. The third-order valence-electron chi connectivity index (χ3n) is 1.35. The Morgan fingerprint density at radius 1 is 1.22 bits per heavy atom. The van der Waals surface area contributed by atoms with E-state index in [1.54, 1.807) is 0 Å². The Morgan fingerprint density at radius 2 is 1.56 bits per heavy atom. The van der Waals surface area contributed by atoms with Gasteiger partial charge >= 0.3 is 0 Å². The summed E-state index contributed by atoms with van der Waals surface area (Å²) in [6.45, 7) is 3.84. The average molecular weight is 137 g/mol. The lowest BCUT2D eigenvalue weighted by molar-refractivity contribution is -0.0870. The molecule has 0 saturated carbocycles. The molecule has 1 nitrogen and oxygen atoms in total. The highest BCUT2D eigenvalue weighted by Gasteiger charge is 2.41. The fourth-order valence-electron chi connectivity index (χ4n) is 0.306. The molecule has 0 saturated heterocycles. The summed E-state index contributed by atoms with van der Waals surface area (Å²) < 4.78 is 25.1. The van der Waals surface area contributed by atoms with Crippen LogP contribution in [0.1, 0.15) is 20.8 Å². The van der Waals surface area contributed by atoms with Crippen LogP contribution in [0, 0.1) is 5.41 Å². The molecule has 9 heavy (non-hydrogen) atoms. The van der Waals surface area contributed by atoms with Crippen LogP contribution in [0.25, 0.3) is 0 Å². The number of halogens is 2. The van der Waals surface area contributed by atoms with Crippen LogP contribution in [0.2, 0.25) is 0 Å². The van der Waals surface area contributed by atoms with E-state index in [9.17, 15) is 8.78 Å². The summed E-state index contributed by atoms with van der Waals surface area (Å²) in [6, 6.07) is 0. The first-order chi connectivity index (χ1) is 3.81. The summed E-state index contributed by atoms with van der Waals surface area (Å²) in [5.74, 6) is -2.74. The SMILES string of the molecule is CC(C)(C)C(F)(F)CN. The first-order valence-electron chi connectivity index (χ1n) is 2.89. The molecule has 2 N–H and O–H groups in total. The van der Waals surface area contributed by atoms with E-state index in [-0.39, 0.29) is 0 Å². The molecule has 0 unspecified atom stereocenters. The lowest BCUT2D eigenvalue weighted by Gasteiger charge is -2.28. The standard InChI is InChI=1S/C6H13F2N/c1-5(2,3)6(7,8)4-9/h4,9H2,1-3H3. The monoisotopic (exact) mass is 137 g/mol. The van der Waals surface area contributed by atoms with E-state index in [4.69, 9.17) is 5.73 Å². The van der Waals surface area contributed by atoms with E-state index in [2.05, 4.69) is 0 Å². The van der Waals surface area contributed by atoms with Crippen LogP contribution in [-0.2, 0) is 0 Å². The van der Waals surface area contributed by atoms with Crippen LogP contribution in [-0.4, -0.2) is 12.5 Å². The summed E-state index contributed by atoms with van der Waals surface area (Å²) in [7, 11) is 0. The zero-order valence-electron chi connectivity index (χ0n) is 6.04. The Balaban J connectivity index is 4.14. The van der Waals surface area contributed by atoms with Crippen LogP contribution in [0.15, 0.2) is 0 Å². The number of hydrogen-bond donors (Lipinski definition) is 1. The van der Waals surface area contributed by atoms with E-state index in [0.717, 1.165) is 0 Å². The smallest absolute Gasteiger partial charge is 0.264 e. The van der Waals surface area contributed by atoms with Crippen molar-refractivity contribution in [2.45, 2.75) is 26.7 Å². The van der Waals surface area contributed by atoms with Crippen LogP contribution in [0.3, 0.4) is 0 Å². The van der Waals surface area contributed by atoms with Gasteiger partial charge in [0.1, 0.15) is 0 Å². The van der Waals surface area contributed by atoms with E-state index in [1.165, 1.54) is 20.8 Å². The number of alkyl halides is 2. The fraction of sp³-hybridized carbons (Fsp3) is 1.00. The van der Waals surface area contributed by atoms with Gasteiger partial charge in [0.2, 0.25) is 0 Å². The zero-order valence-corrected chi connectivity index (χ0v) is 6.04. The fourth-order valence-corrected chi connectivity index (χ4v) is 0.306. The molecular formula is C6H13F2N. The number of rotatable bonds is 1. The van der Waals surface area contributed by atoms with Gasteiger partial charge in [-0.05, 0) is 0 Å². The second-order valence-electron chi connectivity index (χ2n) is 3.16. The molecule has 0 atom stereocenters. The van der Waals surface area contributed by atoms with E-state index >= 15 is 0 Å². The van der Waals surface area contributed by atoms with Crippen LogP contribution in [0.4, 0.5) is 8.78 Å². The Kier molecular flexibility index (Phi) is 2.17. The molecule has 0 aliphatic rings. The minimum Gasteiger partial charge on any atom is -0.325 e. The maximum absolute atomic E-state index is 12.5. The van der Waals surface area contributed by atoms with Gasteiger partial charge in [-0.25, -0.2) is 8.78 Å². The Labute approximate surface area is 54.2 Å². The minimum atomic E-state index is -2.74. The van der Waals surface area contributed by atoms with Crippen LogP contribution >= 0.6 is 0 Å². The van der Waals surface area contributed by atoms with Gasteiger partial charge < -0.3 is 5.73 Å². The molecule has 3 heteroatoms. The first-order valence-corrected chi connectivity index (χ1v) is 2.89. The van der Waals surface area contributed by atoms with Crippen molar-refractivity contribution in [3.05, 3.63) is 0 Å². The molecule has 0 rings (SSSR count). The number of hydrogen-bond acceptors (Lipinski definition) is 1. The van der Waals surface area contributed by atoms with E-state index < -0.39 is 17.9 Å². The summed E-state index contributed by atoms with van der Waals surface area (Å²) in [6.07, 6.45) is 0. The van der Waals surface area contributed by atoms with Crippen molar-refractivity contribution >= 4 is 0 Å². The van der Waals surface area contributed by atoms with Gasteiger partial charge in [-0.3, -0.25) is 0 Å². The Bertz CT molecular complexity index is 93.7. The summed E-state index contributed by atoms with van der Waals surface area (Å²) in [5, 5.41) is 0. The second kappa shape index (κ2) is 2.21. The average Bonchev–Trinajstić information content (AvgIpc) is 1.64. The van der Waals surface area contributed by atoms with Crippen molar-refractivity contribution in [3.8, 4) is 0 Å². The molecule has 56 valence electrons. The molecule has 0 bridgehead atoms. The van der Waals surface area contributed by atoms with E-state index in [1.807, 2.05) is 0 Å². The molecule has 0 aromatic heterocycles. The molecule has 0 aliphatic heterocycles. The third kappa shape index (κ3) is 1.90. The molecule has 0 amide bonds.